The van der Waals surface area contributed by atoms with Crippen LogP contribution in [-0.4, -0.2) is 40.2 Å². The van der Waals surface area contributed by atoms with E-state index in [9.17, 15) is 13.2 Å². The monoisotopic (exact) mass is 305 g/mol. The third-order valence-corrected chi connectivity index (χ3v) is 5.85. The zero-order chi connectivity index (χ0) is 14.9. The number of hydrogen-bond donors (Lipinski definition) is 0. The van der Waals surface area contributed by atoms with Gasteiger partial charge in [0.2, 0.25) is 5.78 Å². The molecule has 1 aliphatic rings. The van der Waals surface area contributed by atoms with E-state index in [1.54, 1.807) is 12.1 Å². The Balaban J connectivity index is 1.98. The number of hydrogen-bond acceptors (Lipinski definition) is 5. The van der Waals surface area contributed by atoms with Gasteiger partial charge in [0.25, 0.3) is 0 Å². The van der Waals surface area contributed by atoms with Crippen molar-refractivity contribution >= 4 is 15.6 Å². The molecular formula is C14H15N3O3S. The van der Waals surface area contributed by atoms with Crippen molar-refractivity contribution < 1.29 is 13.2 Å². The number of Topliss-reactive ketones (excluding diaryl/α,β-unsaturated/α-hetero) is 1. The highest BCUT2D eigenvalue weighted by Crippen LogP contribution is 2.23. The number of benzene rings is 1. The number of para-hydroxylation sites is 1. The third-order valence-electron chi connectivity index (χ3n) is 3.67. The first-order valence-corrected chi connectivity index (χ1v) is 8.53. The van der Waals surface area contributed by atoms with E-state index >= 15 is 0 Å². The molecule has 3 rings (SSSR count). The van der Waals surface area contributed by atoms with E-state index in [1.165, 1.54) is 10.9 Å². The summed E-state index contributed by atoms with van der Waals surface area (Å²) in [7, 11) is -3.37. The Kier molecular flexibility index (Phi) is 3.59. The predicted octanol–water partition coefficient (Wildman–Crippen LogP) is 1.42. The Bertz CT molecular complexity index is 753. The number of sulfone groups is 1. The zero-order valence-electron chi connectivity index (χ0n) is 11.3. The number of nitrogens with zero attached hydrogens (tertiary/aromatic N) is 3. The lowest BCUT2D eigenvalue weighted by Gasteiger charge is -2.20. The minimum absolute atomic E-state index is 0.0797. The van der Waals surface area contributed by atoms with Gasteiger partial charge >= 0.3 is 0 Å². The molecule has 1 aromatic heterocycles. The molecule has 2 aromatic rings. The molecule has 21 heavy (non-hydrogen) atoms. The molecule has 1 aliphatic heterocycles. The van der Waals surface area contributed by atoms with Crippen molar-refractivity contribution in [1.82, 2.24) is 15.0 Å². The highest BCUT2D eigenvalue weighted by atomic mass is 32.2. The number of carbonyl (C=O) groups is 1. The van der Waals surface area contributed by atoms with Gasteiger partial charge in [-0.3, -0.25) is 4.79 Å². The van der Waals surface area contributed by atoms with Crippen LogP contribution in [-0.2, 0) is 9.84 Å². The molecule has 0 N–H and O–H groups in total. The fraction of sp³-hybridized carbons (Fsp3) is 0.357. The fourth-order valence-electron chi connectivity index (χ4n) is 2.58. The Morgan fingerprint density at radius 2 is 1.95 bits per heavy atom. The van der Waals surface area contributed by atoms with E-state index in [4.69, 9.17) is 0 Å². The average molecular weight is 305 g/mol. The molecule has 1 aromatic carbocycles. The average Bonchev–Trinajstić information content (AvgIpc) is 2.96. The van der Waals surface area contributed by atoms with Crippen LogP contribution in [0.2, 0.25) is 0 Å². The molecule has 1 saturated heterocycles. The van der Waals surface area contributed by atoms with E-state index in [0.29, 0.717) is 18.5 Å². The lowest BCUT2D eigenvalue weighted by Crippen LogP contribution is -2.36. The van der Waals surface area contributed by atoms with Gasteiger partial charge in [-0.1, -0.05) is 29.8 Å². The molecule has 0 radical (unpaired) electrons. The molecular weight excluding hydrogens is 290 g/mol. The van der Waals surface area contributed by atoms with Gasteiger partial charge in [0.15, 0.2) is 9.84 Å². The van der Waals surface area contributed by atoms with Crippen LogP contribution in [0.3, 0.4) is 0 Å². The van der Waals surface area contributed by atoms with Crippen LogP contribution < -0.4 is 0 Å². The van der Waals surface area contributed by atoms with Crippen molar-refractivity contribution in [1.29, 1.82) is 0 Å². The van der Waals surface area contributed by atoms with Crippen LogP contribution in [0.5, 0.6) is 0 Å². The summed E-state index contributed by atoms with van der Waals surface area (Å²) in [5.41, 5.74) is 0.906. The van der Waals surface area contributed by atoms with Crippen LogP contribution in [0, 0.1) is 0 Å². The van der Waals surface area contributed by atoms with E-state index in [-0.39, 0.29) is 11.4 Å². The summed E-state index contributed by atoms with van der Waals surface area (Å²) in [6.45, 7) is 0. The molecule has 0 amide bonds. The normalized spacial score (nSPS) is 21.0. The van der Waals surface area contributed by atoms with Crippen LogP contribution in [0.1, 0.15) is 29.8 Å². The highest BCUT2D eigenvalue weighted by Gasteiger charge is 2.37. The predicted molar refractivity (Wildman–Crippen MR) is 77.1 cm³/mol. The SMILES string of the molecule is O=C(c1cnnn1-c1ccccc1)C1CCCCS1(=O)=O. The smallest absolute Gasteiger partial charge is 0.201 e. The van der Waals surface area contributed by atoms with Gasteiger partial charge in [-0.05, 0) is 25.0 Å². The van der Waals surface area contributed by atoms with Gasteiger partial charge < -0.3 is 0 Å². The topological polar surface area (TPSA) is 81.9 Å². The van der Waals surface area contributed by atoms with Gasteiger partial charge in [0.05, 0.1) is 17.6 Å². The molecule has 7 heteroatoms. The number of ketones is 1. The molecule has 110 valence electrons. The Morgan fingerprint density at radius 3 is 2.67 bits per heavy atom. The molecule has 0 saturated carbocycles. The van der Waals surface area contributed by atoms with Crippen molar-refractivity contribution in [3.63, 3.8) is 0 Å². The molecule has 1 unspecified atom stereocenters. The van der Waals surface area contributed by atoms with E-state index < -0.39 is 20.9 Å². The maximum absolute atomic E-state index is 12.6. The van der Waals surface area contributed by atoms with Crippen molar-refractivity contribution in [3.8, 4) is 5.69 Å². The van der Waals surface area contributed by atoms with Crippen LogP contribution in [0.4, 0.5) is 0 Å². The lowest BCUT2D eigenvalue weighted by atomic mass is 10.1. The largest absolute Gasteiger partial charge is 0.291 e. The number of carbonyl (C=O) groups excluding carboxylic acids is 1. The second-order valence-corrected chi connectivity index (χ2v) is 7.39. The summed E-state index contributed by atoms with van der Waals surface area (Å²) in [6.07, 6.45) is 3.09. The number of rotatable bonds is 3. The molecule has 1 atom stereocenters. The second kappa shape index (κ2) is 5.40. The van der Waals surface area contributed by atoms with Gasteiger partial charge in [0, 0.05) is 0 Å². The summed E-state index contributed by atoms with van der Waals surface area (Å²) < 4.78 is 25.6. The van der Waals surface area contributed by atoms with Gasteiger partial charge in [-0.15, -0.1) is 5.10 Å². The van der Waals surface area contributed by atoms with Crippen LogP contribution in [0.15, 0.2) is 36.5 Å². The summed E-state index contributed by atoms with van der Waals surface area (Å²) in [5, 5.41) is 6.70. The maximum atomic E-state index is 12.6. The fourth-order valence-corrected chi connectivity index (χ4v) is 4.44. The van der Waals surface area contributed by atoms with Gasteiger partial charge in [-0.2, -0.15) is 0 Å². The van der Waals surface area contributed by atoms with Crippen molar-refractivity contribution in [2.75, 3.05) is 5.75 Å². The van der Waals surface area contributed by atoms with Crippen molar-refractivity contribution in [2.24, 2.45) is 0 Å². The molecule has 1 fully saturated rings. The lowest BCUT2D eigenvalue weighted by molar-refractivity contribution is 0.0974. The van der Waals surface area contributed by atoms with Crippen LogP contribution in [0.25, 0.3) is 5.69 Å². The standard InChI is InChI=1S/C14H15N3O3S/c18-14(13-8-4-5-9-21(13,19)20)12-10-15-16-17(12)11-6-2-1-3-7-11/h1-3,6-7,10,13H,4-5,8-9H2. The van der Waals surface area contributed by atoms with Crippen LogP contribution >= 0.6 is 0 Å². The van der Waals surface area contributed by atoms with Gasteiger partial charge in [-0.25, -0.2) is 13.1 Å². The zero-order valence-corrected chi connectivity index (χ0v) is 12.2. The number of aromatic nitrogens is 3. The second-order valence-electron chi connectivity index (χ2n) is 5.08. The molecule has 2 heterocycles. The molecule has 0 spiro atoms. The van der Waals surface area contributed by atoms with Crippen molar-refractivity contribution in [2.45, 2.75) is 24.5 Å². The Morgan fingerprint density at radius 1 is 1.19 bits per heavy atom. The minimum atomic E-state index is -3.37. The highest BCUT2D eigenvalue weighted by molar-refractivity contribution is 7.92. The summed E-state index contributed by atoms with van der Waals surface area (Å²) in [5.74, 6) is -0.334. The van der Waals surface area contributed by atoms with Crippen molar-refractivity contribution in [3.05, 3.63) is 42.2 Å². The first-order chi connectivity index (χ1) is 10.1. The molecule has 6 nitrogen and oxygen atoms in total. The van der Waals surface area contributed by atoms with E-state index in [0.717, 1.165) is 6.42 Å². The molecule has 0 aliphatic carbocycles. The first-order valence-electron chi connectivity index (χ1n) is 6.81. The summed E-state index contributed by atoms with van der Waals surface area (Å²) >= 11 is 0. The summed E-state index contributed by atoms with van der Waals surface area (Å²) in [4.78, 5) is 12.6. The maximum Gasteiger partial charge on any atom is 0.201 e. The minimum Gasteiger partial charge on any atom is -0.291 e. The third kappa shape index (κ3) is 2.61. The van der Waals surface area contributed by atoms with E-state index in [2.05, 4.69) is 10.3 Å². The quantitative estimate of drug-likeness (QED) is 0.801. The summed E-state index contributed by atoms with van der Waals surface area (Å²) in [6, 6.07) is 9.08. The Hall–Kier alpha value is -2.02. The van der Waals surface area contributed by atoms with Gasteiger partial charge in [0.1, 0.15) is 10.9 Å². The first kappa shape index (κ1) is 13.9. The Labute approximate surface area is 122 Å². The van der Waals surface area contributed by atoms with E-state index in [1.807, 2.05) is 18.2 Å². The molecule has 0 bridgehead atoms.